The van der Waals surface area contributed by atoms with Crippen molar-refractivity contribution in [3.8, 4) is 0 Å². The molecule has 0 fully saturated rings. The molecular weight excluding hydrogens is 300 g/mol. The zero-order chi connectivity index (χ0) is 16.9. The van der Waals surface area contributed by atoms with Crippen LogP contribution in [0.1, 0.15) is 48.9 Å². The first-order valence-electron chi connectivity index (χ1n) is 8.36. The summed E-state index contributed by atoms with van der Waals surface area (Å²) in [4.78, 5) is 21.1. The number of nitrogens with zero attached hydrogens (tertiary/aromatic N) is 3. The fraction of sp³-hybridized carbons (Fsp3) is 0.316. The Hall–Kier alpha value is -2.69. The molecule has 0 aliphatic rings. The second-order valence-corrected chi connectivity index (χ2v) is 5.89. The Kier molecular flexibility index (Phi) is 4.89. The summed E-state index contributed by atoms with van der Waals surface area (Å²) in [5.41, 5.74) is 2.69. The Morgan fingerprint density at radius 3 is 2.71 bits per heavy atom. The summed E-state index contributed by atoms with van der Waals surface area (Å²) < 4.78 is 2.22. The maximum absolute atomic E-state index is 12.4. The minimum absolute atomic E-state index is 0.112. The molecule has 3 aromatic rings. The van der Waals surface area contributed by atoms with Crippen molar-refractivity contribution >= 4 is 16.9 Å². The van der Waals surface area contributed by atoms with Crippen molar-refractivity contribution < 1.29 is 4.79 Å². The minimum Gasteiger partial charge on any atom is -0.342 e. The third-order valence-electron chi connectivity index (χ3n) is 4.10. The molecule has 0 saturated heterocycles. The van der Waals surface area contributed by atoms with Crippen LogP contribution in [0.4, 0.5) is 0 Å². The van der Waals surface area contributed by atoms with Crippen molar-refractivity contribution in [3.63, 3.8) is 0 Å². The topological polar surface area (TPSA) is 59.8 Å². The lowest BCUT2D eigenvalue weighted by molar-refractivity contribution is 0.0937. The number of imidazole rings is 1. The minimum atomic E-state index is -0.171. The number of amides is 1. The number of carbonyl (C=O) groups excluding carboxylic acids is 1. The lowest BCUT2D eigenvalue weighted by Gasteiger charge is -2.16. The highest BCUT2D eigenvalue weighted by molar-refractivity contribution is 5.94. The predicted octanol–water partition coefficient (Wildman–Crippen LogP) is 3.72. The zero-order valence-electron chi connectivity index (χ0n) is 14.1. The van der Waals surface area contributed by atoms with Crippen LogP contribution in [0, 0.1) is 0 Å². The molecule has 2 heterocycles. The SMILES string of the molecule is CCCCn1c(C(C)NC(=O)c2ccncc2)nc2ccccc21. The average molecular weight is 322 g/mol. The van der Waals surface area contributed by atoms with Gasteiger partial charge in [0.15, 0.2) is 0 Å². The van der Waals surface area contributed by atoms with Crippen molar-refractivity contribution in [3.05, 3.63) is 60.2 Å². The molecule has 1 aromatic carbocycles. The predicted molar refractivity (Wildman–Crippen MR) is 94.8 cm³/mol. The molecule has 0 radical (unpaired) electrons. The van der Waals surface area contributed by atoms with E-state index in [1.165, 1.54) is 0 Å². The van der Waals surface area contributed by atoms with Crippen LogP contribution in [0.3, 0.4) is 0 Å². The lowest BCUT2D eigenvalue weighted by atomic mass is 10.2. The highest BCUT2D eigenvalue weighted by Crippen LogP contribution is 2.21. The summed E-state index contributed by atoms with van der Waals surface area (Å²) in [6.07, 6.45) is 5.44. The number of pyridine rings is 1. The number of aromatic nitrogens is 3. The second-order valence-electron chi connectivity index (χ2n) is 5.89. The van der Waals surface area contributed by atoms with Gasteiger partial charge in [-0.1, -0.05) is 25.5 Å². The van der Waals surface area contributed by atoms with E-state index in [0.29, 0.717) is 5.56 Å². The van der Waals surface area contributed by atoms with E-state index in [4.69, 9.17) is 4.98 Å². The van der Waals surface area contributed by atoms with Gasteiger partial charge >= 0.3 is 0 Å². The van der Waals surface area contributed by atoms with Crippen LogP contribution in [-0.4, -0.2) is 20.4 Å². The fourth-order valence-corrected chi connectivity index (χ4v) is 2.82. The van der Waals surface area contributed by atoms with Crippen molar-refractivity contribution in [2.45, 2.75) is 39.3 Å². The molecule has 1 N–H and O–H groups in total. The van der Waals surface area contributed by atoms with Gasteiger partial charge in [0.05, 0.1) is 17.1 Å². The molecule has 5 nitrogen and oxygen atoms in total. The molecule has 0 aliphatic heterocycles. The van der Waals surface area contributed by atoms with E-state index in [0.717, 1.165) is 36.2 Å². The van der Waals surface area contributed by atoms with E-state index < -0.39 is 0 Å². The van der Waals surface area contributed by atoms with Gasteiger partial charge in [-0.2, -0.15) is 0 Å². The van der Waals surface area contributed by atoms with Crippen LogP contribution < -0.4 is 5.32 Å². The standard InChI is InChI=1S/C19H22N4O/c1-3-4-13-23-17-8-6-5-7-16(17)22-18(23)14(2)21-19(24)15-9-11-20-12-10-15/h5-12,14H,3-4,13H2,1-2H3,(H,21,24). The third-order valence-corrected chi connectivity index (χ3v) is 4.10. The van der Waals surface area contributed by atoms with Gasteiger partial charge in [0.2, 0.25) is 0 Å². The molecule has 0 bridgehead atoms. The van der Waals surface area contributed by atoms with Gasteiger partial charge in [0.25, 0.3) is 5.91 Å². The van der Waals surface area contributed by atoms with Crippen LogP contribution in [-0.2, 0) is 6.54 Å². The molecule has 2 aromatic heterocycles. The fourth-order valence-electron chi connectivity index (χ4n) is 2.82. The Labute approximate surface area is 141 Å². The van der Waals surface area contributed by atoms with Gasteiger partial charge in [-0.15, -0.1) is 0 Å². The Morgan fingerprint density at radius 2 is 1.96 bits per heavy atom. The van der Waals surface area contributed by atoms with Crippen LogP contribution >= 0.6 is 0 Å². The summed E-state index contributed by atoms with van der Waals surface area (Å²) in [7, 11) is 0. The number of aryl methyl sites for hydroxylation is 1. The zero-order valence-corrected chi connectivity index (χ0v) is 14.1. The summed E-state index contributed by atoms with van der Waals surface area (Å²) in [5, 5.41) is 3.04. The number of benzene rings is 1. The molecule has 1 amide bonds. The Bertz CT molecular complexity index is 826. The number of nitrogens with one attached hydrogen (secondary N) is 1. The third kappa shape index (κ3) is 3.30. The normalized spacial score (nSPS) is 12.2. The van der Waals surface area contributed by atoms with E-state index in [2.05, 4.69) is 27.9 Å². The van der Waals surface area contributed by atoms with Gasteiger partial charge in [-0.25, -0.2) is 4.98 Å². The molecule has 24 heavy (non-hydrogen) atoms. The molecule has 0 aliphatic carbocycles. The smallest absolute Gasteiger partial charge is 0.251 e. The van der Waals surface area contributed by atoms with E-state index in [-0.39, 0.29) is 11.9 Å². The average Bonchev–Trinajstić information content (AvgIpc) is 2.99. The summed E-state index contributed by atoms with van der Waals surface area (Å²) in [5.74, 6) is 0.783. The molecule has 3 rings (SSSR count). The maximum Gasteiger partial charge on any atom is 0.251 e. The van der Waals surface area contributed by atoms with Gasteiger partial charge in [0.1, 0.15) is 5.82 Å². The molecular formula is C19H22N4O. The molecule has 0 saturated carbocycles. The first kappa shape index (κ1) is 16.2. The number of hydrogen-bond acceptors (Lipinski definition) is 3. The van der Waals surface area contributed by atoms with E-state index in [9.17, 15) is 4.79 Å². The quantitative estimate of drug-likeness (QED) is 0.752. The van der Waals surface area contributed by atoms with E-state index >= 15 is 0 Å². The largest absolute Gasteiger partial charge is 0.342 e. The van der Waals surface area contributed by atoms with E-state index in [1.54, 1.807) is 24.5 Å². The first-order valence-corrected chi connectivity index (χ1v) is 8.36. The summed E-state index contributed by atoms with van der Waals surface area (Å²) >= 11 is 0. The highest BCUT2D eigenvalue weighted by atomic mass is 16.1. The van der Waals surface area contributed by atoms with Crippen LogP contribution in [0.25, 0.3) is 11.0 Å². The van der Waals surface area contributed by atoms with Crippen molar-refractivity contribution in [1.29, 1.82) is 0 Å². The van der Waals surface area contributed by atoms with Crippen molar-refractivity contribution in [1.82, 2.24) is 19.9 Å². The first-order chi connectivity index (χ1) is 11.7. The van der Waals surface area contributed by atoms with Crippen LogP contribution in [0.5, 0.6) is 0 Å². The molecule has 124 valence electrons. The van der Waals surface area contributed by atoms with Gasteiger partial charge in [0, 0.05) is 24.5 Å². The molecule has 1 atom stereocenters. The Morgan fingerprint density at radius 1 is 1.21 bits per heavy atom. The van der Waals surface area contributed by atoms with Gasteiger partial charge in [-0.05, 0) is 37.6 Å². The van der Waals surface area contributed by atoms with Crippen LogP contribution in [0.15, 0.2) is 48.8 Å². The molecule has 5 heteroatoms. The number of carbonyl (C=O) groups is 1. The maximum atomic E-state index is 12.4. The monoisotopic (exact) mass is 322 g/mol. The highest BCUT2D eigenvalue weighted by Gasteiger charge is 2.18. The van der Waals surface area contributed by atoms with E-state index in [1.807, 2.05) is 25.1 Å². The second kappa shape index (κ2) is 7.25. The lowest BCUT2D eigenvalue weighted by Crippen LogP contribution is -2.28. The van der Waals surface area contributed by atoms with Crippen LogP contribution in [0.2, 0.25) is 0 Å². The number of fused-ring (bicyclic) bond motifs is 1. The summed E-state index contributed by atoms with van der Waals surface area (Å²) in [6, 6.07) is 11.4. The van der Waals surface area contributed by atoms with Gasteiger partial charge < -0.3 is 9.88 Å². The number of hydrogen-bond donors (Lipinski definition) is 1. The molecule has 0 spiro atoms. The Balaban J connectivity index is 1.88. The molecule has 1 unspecified atom stereocenters. The van der Waals surface area contributed by atoms with Crippen molar-refractivity contribution in [2.75, 3.05) is 0 Å². The van der Waals surface area contributed by atoms with Crippen molar-refractivity contribution in [2.24, 2.45) is 0 Å². The number of unbranched alkanes of at least 4 members (excludes halogenated alkanes) is 1. The number of rotatable bonds is 6. The summed E-state index contributed by atoms with van der Waals surface area (Å²) in [6.45, 7) is 5.05. The number of para-hydroxylation sites is 2. The van der Waals surface area contributed by atoms with Gasteiger partial charge in [-0.3, -0.25) is 9.78 Å².